The first-order chi connectivity index (χ1) is 6.65. The zero-order valence-electron chi connectivity index (χ0n) is 9.10. The van der Waals surface area contributed by atoms with Crippen molar-refractivity contribution in [1.29, 1.82) is 0 Å². The van der Waals surface area contributed by atoms with Gasteiger partial charge in [0.25, 0.3) is 0 Å². The van der Waals surface area contributed by atoms with Gasteiger partial charge in [-0.25, -0.2) is 0 Å². The molecule has 2 atom stereocenters. The molecular formula is C13H18O. The Hall–Kier alpha value is -0.590. The molecule has 0 saturated heterocycles. The summed E-state index contributed by atoms with van der Waals surface area (Å²) in [6.07, 6.45) is 5.95. The second-order valence-electron chi connectivity index (χ2n) is 5.56. The molecule has 0 radical (unpaired) electrons. The Balaban J connectivity index is 1.90. The van der Waals surface area contributed by atoms with E-state index < -0.39 is 0 Å². The average Bonchev–Trinajstić information content (AvgIpc) is 2.08. The molecule has 2 saturated carbocycles. The van der Waals surface area contributed by atoms with Crippen LogP contribution in [0.25, 0.3) is 0 Å². The summed E-state index contributed by atoms with van der Waals surface area (Å²) in [7, 11) is 0. The summed E-state index contributed by atoms with van der Waals surface area (Å²) in [6, 6.07) is 0. The van der Waals surface area contributed by atoms with Gasteiger partial charge < -0.3 is 0 Å². The lowest BCUT2D eigenvalue weighted by Crippen LogP contribution is -2.62. The minimum atomic E-state index is 0.187. The van der Waals surface area contributed by atoms with Gasteiger partial charge in [0.1, 0.15) is 5.78 Å². The Morgan fingerprint density at radius 1 is 1.14 bits per heavy atom. The van der Waals surface area contributed by atoms with Crippen molar-refractivity contribution >= 4 is 5.78 Å². The normalized spacial score (nSPS) is 39.1. The molecule has 3 rings (SSSR count). The maximum Gasteiger partial charge on any atom is 0.143 e. The Morgan fingerprint density at radius 3 is 2.36 bits per heavy atom. The first kappa shape index (κ1) is 8.70. The number of hydrogen-bond donors (Lipinski definition) is 0. The lowest BCUT2D eigenvalue weighted by Gasteiger charge is -2.60. The second-order valence-corrected chi connectivity index (χ2v) is 5.56. The van der Waals surface area contributed by atoms with Crippen LogP contribution in [-0.4, -0.2) is 5.78 Å². The first-order valence-electron chi connectivity index (χ1n) is 5.85. The Bertz CT molecular complexity index is 333. The van der Waals surface area contributed by atoms with Crippen LogP contribution in [0.3, 0.4) is 0 Å². The van der Waals surface area contributed by atoms with Crippen molar-refractivity contribution in [2.24, 2.45) is 17.3 Å². The van der Waals surface area contributed by atoms with Gasteiger partial charge in [-0.1, -0.05) is 17.6 Å². The fraction of sp³-hybridized carbons (Fsp3) is 0.769. The van der Waals surface area contributed by atoms with E-state index in [1.54, 1.807) is 5.57 Å². The maximum absolute atomic E-state index is 12.0. The summed E-state index contributed by atoms with van der Waals surface area (Å²) in [4.78, 5) is 12.0. The lowest BCUT2D eigenvalue weighted by atomic mass is 9.41. The molecule has 0 aliphatic heterocycles. The summed E-state index contributed by atoms with van der Waals surface area (Å²) in [5.41, 5.74) is 3.23. The van der Waals surface area contributed by atoms with E-state index in [4.69, 9.17) is 0 Å². The van der Waals surface area contributed by atoms with Gasteiger partial charge in [0, 0.05) is 11.3 Å². The minimum Gasteiger partial charge on any atom is -0.299 e. The molecule has 1 heteroatoms. The monoisotopic (exact) mass is 190 g/mol. The fourth-order valence-corrected chi connectivity index (χ4v) is 3.78. The predicted molar refractivity (Wildman–Crippen MR) is 55.9 cm³/mol. The molecule has 0 bridgehead atoms. The zero-order chi connectivity index (χ0) is 9.92. The third kappa shape index (κ3) is 0.796. The Morgan fingerprint density at radius 2 is 1.79 bits per heavy atom. The molecule has 2 fully saturated rings. The van der Waals surface area contributed by atoms with Crippen molar-refractivity contribution in [3.05, 3.63) is 11.1 Å². The second kappa shape index (κ2) is 2.50. The SMILES string of the molecule is CC1=C(C)CC2C(C1)C(=O)C21CCC1. The van der Waals surface area contributed by atoms with Crippen LogP contribution in [-0.2, 0) is 4.79 Å². The molecule has 3 aliphatic rings. The highest BCUT2D eigenvalue weighted by Gasteiger charge is 2.64. The first-order valence-corrected chi connectivity index (χ1v) is 5.85. The molecular weight excluding hydrogens is 172 g/mol. The van der Waals surface area contributed by atoms with Crippen molar-refractivity contribution in [1.82, 2.24) is 0 Å². The molecule has 0 aromatic rings. The van der Waals surface area contributed by atoms with E-state index in [2.05, 4.69) is 13.8 Å². The van der Waals surface area contributed by atoms with Crippen molar-refractivity contribution in [2.45, 2.75) is 46.0 Å². The quantitative estimate of drug-likeness (QED) is 0.536. The molecule has 1 spiro atoms. The highest BCUT2D eigenvalue weighted by molar-refractivity contribution is 5.95. The standard InChI is InChI=1S/C13H18O/c1-8-6-10-11(7-9(8)2)13(12(10)14)4-3-5-13/h10-11H,3-7H2,1-2H3. The Kier molecular flexibility index (Phi) is 1.55. The van der Waals surface area contributed by atoms with E-state index in [-0.39, 0.29) is 5.41 Å². The van der Waals surface area contributed by atoms with E-state index >= 15 is 0 Å². The molecule has 1 nitrogen and oxygen atoms in total. The van der Waals surface area contributed by atoms with Crippen molar-refractivity contribution in [3.8, 4) is 0 Å². The summed E-state index contributed by atoms with van der Waals surface area (Å²) >= 11 is 0. The van der Waals surface area contributed by atoms with Crippen LogP contribution >= 0.6 is 0 Å². The van der Waals surface area contributed by atoms with Crippen LogP contribution in [0, 0.1) is 17.3 Å². The van der Waals surface area contributed by atoms with Crippen LogP contribution < -0.4 is 0 Å². The molecule has 0 aromatic heterocycles. The topological polar surface area (TPSA) is 17.1 Å². The highest BCUT2D eigenvalue weighted by atomic mass is 16.1. The third-order valence-corrected chi connectivity index (χ3v) is 5.05. The summed E-state index contributed by atoms with van der Waals surface area (Å²) in [5.74, 6) is 1.76. The van der Waals surface area contributed by atoms with E-state index in [0.717, 1.165) is 12.3 Å². The molecule has 2 unspecified atom stereocenters. The number of carbonyl (C=O) groups excluding carboxylic acids is 1. The number of Topliss-reactive ketones (excluding diaryl/α,β-unsaturated/α-hetero) is 1. The molecule has 0 amide bonds. The van der Waals surface area contributed by atoms with Crippen LogP contribution in [0.1, 0.15) is 46.0 Å². The van der Waals surface area contributed by atoms with E-state index in [1.807, 2.05) is 0 Å². The molecule has 0 aromatic carbocycles. The van der Waals surface area contributed by atoms with Crippen molar-refractivity contribution in [2.75, 3.05) is 0 Å². The van der Waals surface area contributed by atoms with Crippen LogP contribution in [0.15, 0.2) is 11.1 Å². The number of hydrogen-bond acceptors (Lipinski definition) is 1. The van der Waals surface area contributed by atoms with Crippen molar-refractivity contribution < 1.29 is 4.79 Å². The molecule has 0 N–H and O–H groups in total. The van der Waals surface area contributed by atoms with Crippen LogP contribution in [0.5, 0.6) is 0 Å². The van der Waals surface area contributed by atoms with Crippen molar-refractivity contribution in [3.63, 3.8) is 0 Å². The van der Waals surface area contributed by atoms with E-state index in [9.17, 15) is 4.79 Å². The van der Waals surface area contributed by atoms with Crippen LogP contribution in [0.2, 0.25) is 0 Å². The minimum absolute atomic E-state index is 0.187. The maximum atomic E-state index is 12.0. The summed E-state index contributed by atoms with van der Waals surface area (Å²) in [5, 5.41) is 0. The molecule has 0 heterocycles. The molecule has 3 aliphatic carbocycles. The fourth-order valence-electron chi connectivity index (χ4n) is 3.78. The zero-order valence-corrected chi connectivity index (χ0v) is 9.10. The van der Waals surface area contributed by atoms with E-state index in [1.165, 1.54) is 31.3 Å². The number of fused-ring (bicyclic) bond motifs is 2. The van der Waals surface area contributed by atoms with Gasteiger partial charge in [0.2, 0.25) is 0 Å². The molecule has 14 heavy (non-hydrogen) atoms. The predicted octanol–water partition coefficient (Wildman–Crippen LogP) is 3.10. The van der Waals surface area contributed by atoms with Gasteiger partial charge >= 0.3 is 0 Å². The highest BCUT2D eigenvalue weighted by Crippen LogP contribution is 2.64. The number of ketones is 1. The van der Waals surface area contributed by atoms with Gasteiger partial charge in [0.05, 0.1) is 0 Å². The van der Waals surface area contributed by atoms with Gasteiger partial charge in [0.15, 0.2) is 0 Å². The summed E-state index contributed by atoms with van der Waals surface area (Å²) < 4.78 is 0. The van der Waals surface area contributed by atoms with Crippen LogP contribution in [0.4, 0.5) is 0 Å². The van der Waals surface area contributed by atoms with Gasteiger partial charge in [-0.3, -0.25) is 4.79 Å². The number of allylic oxidation sites excluding steroid dienone is 2. The van der Waals surface area contributed by atoms with E-state index in [0.29, 0.717) is 11.7 Å². The number of carbonyl (C=O) groups is 1. The summed E-state index contributed by atoms with van der Waals surface area (Å²) in [6.45, 7) is 4.45. The molecule has 76 valence electrons. The third-order valence-electron chi connectivity index (χ3n) is 5.05. The average molecular weight is 190 g/mol. The van der Waals surface area contributed by atoms with Gasteiger partial charge in [-0.2, -0.15) is 0 Å². The lowest BCUT2D eigenvalue weighted by molar-refractivity contribution is -0.170. The number of rotatable bonds is 0. The van der Waals surface area contributed by atoms with Gasteiger partial charge in [-0.15, -0.1) is 0 Å². The smallest absolute Gasteiger partial charge is 0.143 e. The Labute approximate surface area is 85.6 Å². The van der Waals surface area contributed by atoms with Gasteiger partial charge in [-0.05, 0) is 45.4 Å². The largest absolute Gasteiger partial charge is 0.299 e.